The molecule has 122 valence electrons. The van der Waals surface area contributed by atoms with Gasteiger partial charge < -0.3 is 18.1 Å². The molecule has 0 aliphatic heterocycles. The second-order valence-electron chi connectivity index (χ2n) is 7.05. The van der Waals surface area contributed by atoms with E-state index in [0.717, 1.165) is 31.5 Å². The average Bonchev–Trinajstić information content (AvgIpc) is 2.23. The van der Waals surface area contributed by atoms with E-state index in [1.165, 1.54) is 0 Å². The second-order valence-corrected chi connectivity index (χ2v) is 19.5. The lowest BCUT2D eigenvalue weighted by Gasteiger charge is -2.38. The zero-order valence-corrected chi connectivity index (χ0v) is 17.4. The third-order valence-electron chi connectivity index (χ3n) is 3.11. The van der Waals surface area contributed by atoms with Gasteiger partial charge in [-0.1, -0.05) is 0 Å². The van der Waals surface area contributed by atoms with E-state index in [2.05, 4.69) is 39.3 Å². The van der Waals surface area contributed by atoms with Crippen molar-refractivity contribution in [1.29, 1.82) is 0 Å². The van der Waals surface area contributed by atoms with Gasteiger partial charge in [0.2, 0.25) is 0 Å². The van der Waals surface area contributed by atoms with Gasteiger partial charge in [-0.3, -0.25) is 0 Å². The van der Waals surface area contributed by atoms with Crippen LogP contribution in [0, 0.1) is 0 Å². The van der Waals surface area contributed by atoms with Crippen molar-refractivity contribution in [3.8, 4) is 0 Å². The van der Waals surface area contributed by atoms with Gasteiger partial charge in [0, 0.05) is 20.3 Å². The molecule has 0 aromatic rings. The molecule has 4 nitrogen and oxygen atoms in total. The standard InChI is InChI=1S/C13H34O4Si3/c1-15-11-9-13-19(4,5)17-20(6,7)16-18(2,3)12-8-10-14/h14H,8-13H2,1-7H3. The first-order chi connectivity index (χ1) is 9.04. The number of methoxy groups -OCH3 is 1. The van der Waals surface area contributed by atoms with E-state index in [-0.39, 0.29) is 6.61 Å². The summed E-state index contributed by atoms with van der Waals surface area (Å²) in [5, 5.41) is 8.98. The normalized spacial score (nSPS) is 13.8. The van der Waals surface area contributed by atoms with Crippen LogP contribution in [0.25, 0.3) is 0 Å². The minimum absolute atomic E-state index is 0.250. The Morgan fingerprint density at radius 3 is 1.65 bits per heavy atom. The van der Waals surface area contributed by atoms with Crippen LogP contribution in [0.3, 0.4) is 0 Å². The Bertz CT molecular complexity index is 270. The van der Waals surface area contributed by atoms with Gasteiger partial charge in [0.1, 0.15) is 0 Å². The summed E-state index contributed by atoms with van der Waals surface area (Å²) in [6.45, 7) is 14.4. The summed E-state index contributed by atoms with van der Waals surface area (Å²) in [7, 11) is -3.74. The van der Waals surface area contributed by atoms with Crippen LogP contribution in [-0.2, 0) is 13.0 Å². The van der Waals surface area contributed by atoms with Crippen LogP contribution in [0.4, 0.5) is 0 Å². The monoisotopic (exact) mass is 338 g/mol. The molecule has 0 aromatic carbocycles. The van der Waals surface area contributed by atoms with Gasteiger partial charge in [-0.2, -0.15) is 0 Å². The zero-order valence-electron chi connectivity index (χ0n) is 14.4. The van der Waals surface area contributed by atoms with Crippen molar-refractivity contribution in [1.82, 2.24) is 0 Å². The molecule has 0 heterocycles. The molecule has 0 bridgehead atoms. The fraction of sp³-hybridized carbons (Fsp3) is 1.00. The molecular weight excluding hydrogens is 304 g/mol. The van der Waals surface area contributed by atoms with Gasteiger partial charge in [-0.25, -0.2) is 0 Å². The molecule has 1 N–H and O–H groups in total. The maximum atomic E-state index is 8.98. The van der Waals surface area contributed by atoms with Gasteiger partial charge in [-0.15, -0.1) is 0 Å². The minimum atomic E-state index is -2.08. The predicted octanol–water partition coefficient (Wildman–Crippen LogP) is 3.55. The average molecular weight is 339 g/mol. The predicted molar refractivity (Wildman–Crippen MR) is 92.4 cm³/mol. The van der Waals surface area contributed by atoms with E-state index in [1.807, 2.05) is 0 Å². The van der Waals surface area contributed by atoms with Crippen molar-refractivity contribution in [2.45, 2.75) is 64.2 Å². The smallest absolute Gasteiger partial charge is 0.311 e. The summed E-state index contributed by atoms with van der Waals surface area (Å²) in [4.78, 5) is 0. The Labute approximate surface area is 128 Å². The van der Waals surface area contributed by atoms with E-state index < -0.39 is 25.2 Å². The first-order valence-corrected chi connectivity index (χ1v) is 16.6. The number of aliphatic hydroxyl groups is 1. The Hall–Kier alpha value is 0.491. The van der Waals surface area contributed by atoms with E-state index in [1.54, 1.807) is 7.11 Å². The highest BCUT2D eigenvalue weighted by Gasteiger charge is 2.39. The fourth-order valence-corrected chi connectivity index (χ4v) is 16.6. The second kappa shape index (κ2) is 8.82. The third kappa shape index (κ3) is 10.3. The molecule has 0 rings (SSSR count). The lowest BCUT2D eigenvalue weighted by Crippen LogP contribution is -2.52. The van der Waals surface area contributed by atoms with E-state index in [0.29, 0.717) is 0 Å². The highest BCUT2D eigenvalue weighted by Crippen LogP contribution is 2.25. The SMILES string of the molecule is COCCC[Si](C)(C)O[Si](C)(C)O[Si](C)(C)CCCO. The lowest BCUT2D eigenvalue weighted by molar-refractivity contribution is 0.198. The first kappa shape index (κ1) is 20.5. The molecular formula is C13H34O4Si3. The van der Waals surface area contributed by atoms with Crippen LogP contribution in [0.2, 0.25) is 51.4 Å². The quantitative estimate of drug-likeness (QED) is 0.462. The summed E-state index contributed by atoms with van der Waals surface area (Å²) < 4.78 is 18.0. The van der Waals surface area contributed by atoms with Gasteiger partial charge in [-0.05, 0) is 64.2 Å². The van der Waals surface area contributed by atoms with Crippen molar-refractivity contribution in [2.75, 3.05) is 20.3 Å². The summed E-state index contributed by atoms with van der Waals surface area (Å²) in [5.41, 5.74) is 0. The molecule has 0 spiro atoms. The molecule has 0 atom stereocenters. The molecule has 0 unspecified atom stereocenters. The molecule has 0 aromatic heterocycles. The summed E-state index contributed by atoms with van der Waals surface area (Å²) in [6, 6.07) is 2.11. The summed E-state index contributed by atoms with van der Waals surface area (Å²) >= 11 is 0. The number of hydrogen-bond donors (Lipinski definition) is 1. The molecule has 0 aliphatic carbocycles. The van der Waals surface area contributed by atoms with Gasteiger partial charge in [0.15, 0.2) is 16.6 Å². The van der Waals surface area contributed by atoms with Crippen LogP contribution in [0.5, 0.6) is 0 Å². The van der Waals surface area contributed by atoms with E-state index >= 15 is 0 Å². The van der Waals surface area contributed by atoms with Crippen LogP contribution < -0.4 is 0 Å². The molecule has 0 amide bonds. The number of aliphatic hydroxyl groups excluding tert-OH is 1. The van der Waals surface area contributed by atoms with Gasteiger partial charge in [0.05, 0.1) is 0 Å². The molecule has 0 saturated heterocycles. The van der Waals surface area contributed by atoms with Gasteiger partial charge in [0.25, 0.3) is 0 Å². The van der Waals surface area contributed by atoms with Crippen LogP contribution in [-0.4, -0.2) is 50.6 Å². The van der Waals surface area contributed by atoms with Crippen molar-refractivity contribution in [3.63, 3.8) is 0 Å². The zero-order chi connectivity index (χ0) is 15.9. The summed E-state index contributed by atoms with van der Waals surface area (Å²) in [6.07, 6.45) is 1.89. The highest BCUT2D eigenvalue weighted by atomic mass is 28.5. The molecule has 0 radical (unpaired) electrons. The first-order valence-electron chi connectivity index (χ1n) is 7.54. The topological polar surface area (TPSA) is 47.9 Å². The maximum Gasteiger partial charge on any atom is 0.311 e. The fourth-order valence-electron chi connectivity index (χ4n) is 2.60. The Morgan fingerprint density at radius 2 is 1.25 bits per heavy atom. The van der Waals surface area contributed by atoms with Crippen molar-refractivity contribution < 1.29 is 18.1 Å². The maximum absolute atomic E-state index is 8.98. The highest BCUT2D eigenvalue weighted by molar-refractivity contribution is 6.87. The lowest BCUT2D eigenvalue weighted by atomic mass is 10.5. The largest absolute Gasteiger partial charge is 0.437 e. The Morgan fingerprint density at radius 1 is 0.800 bits per heavy atom. The molecule has 0 fully saturated rings. The molecule has 20 heavy (non-hydrogen) atoms. The summed E-state index contributed by atoms with van der Waals surface area (Å²) in [5.74, 6) is 0. The van der Waals surface area contributed by atoms with Crippen LogP contribution >= 0.6 is 0 Å². The molecule has 0 aliphatic rings. The Balaban J connectivity index is 4.40. The Kier molecular flexibility index (Phi) is 9.03. The number of rotatable bonds is 11. The van der Waals surface area contributed by atoms with Crippen LogP contribution in [0.1, 0.15) is 12.8 Å². The van der Waals surface area contributed by atoms with E-state index in [9.17, 15) is 0 Å². The van der Waals surface area contributed by atoms with Crippen molar-refractivity contribution in [3.05, 3.63) is 0 Å². The number of ether oxygens (including phenoxy) is 1. The number of hydrogen-bond acceptors (Lipinski definition) is 4. The van der Waals surface area contributed by atoms with Crippen LogP contribution in [0.15, 0.2) is 0 Å². The van der Waals surface area contributed by atoms with Crippen molar-refractivity contribution in [2.24, 2.45) is 0 Å². The minimum Gasteiger partial charge on any atom is -0.437 e. The van der Waals surface area contributed by atoms with Gasteiger partial charge >= 0.3 is 8.56 Å². The molecule has 0 saturated carbocycles. The molecule has 7 heteroatoms. The third-order valence-corrected chi connectivity index (χ3v) is 14.6. The van der Waals surface area contributed by atoms with Crippen molar-refractivity contribution >= 4 is 25.2 Å². The van der Waals surface area contributed by atoms with E-state index in [4.69, 9.17) is 18.1 Å².